The smallest absolute Gasteiger partial charge is 0.312 e. The van der Waals surface area contributed by atoms with E-state index in [-0.39, 0.29) is 18.4 Å². The molecule has 7 heteroatoms. The summed E-state index contributed by atoms with van der Waals surface area (Å²) in [5, 5.41) is 0.680. The number of aromatic nitrogens is 1. The van der Waals surface area contributed by atoms with Crippen molar-refractivity contribution in [1.29, 1.82) is 0 Å². The van der Waals surface area contributed by atoms with Crippen LogP contribution in [0.5, 0.6) is 10.8 Å². The standard InChI is InChI=1S/C26H37NO4S2/c1-4-6-7-8-9-10-11-12-18-32-22-16-14-21(15-17-22)30-19-23(28)25-27-20(3)26(33-25)31-24(29)13-5-2/h14-17H,4-13,18-19H2,1-3H3. The topological polar surface area (TPSA) is 65.5 Å². The number of hydrogen-bond acceptors (Lipinski definition) is 7. The minimum Gasteiger partial charge on any atom is -0.485 e. The normalized spacial score (nSPS) is 10.9. The molecule has 0 aliphatic carbocycles. The van der Waals surface area contributed by atoms with Crippen LogP contribution in [0.2, 0.25) is 0 Å². The number of hydrogen-bond donors (Lipinski definition) is 0. The molecule has 0 saturated heterocycles. The number of aryl methyl sites for hydroxylation is 1. The molecule has 0 aliphatic rings. The zero-order chi connectivity index (χ0) is 23.9. The molecule has 0 spiro atoms. The van der Waals surface area contributed by atoms with Crippen LogP contribution in [-0.2, 0) is 4.79 Å². The van der Waals surface area contributed by atoms with Crippen molar-refractivity contribution in [1.82, 2.24) is 4.98 Å². The maximum Gasteiger partial charge on any atom is 0.312 e. The summed E-state index contributed by atoms with van der Waals surface area (Å²) < 4.78 is 10.9. The molecule has 1 aromatic heterocycles. The summed E-state index contributed by atoms with van der Waals surface area (Å²) in [6, 6.07) is 7.87. The Hall–Kier alpha value is -1.86. The second-order valence-electron chi connectivity index (χ2n) is 8.12. The van der Waals surface area contributed by atoms with E-state index < -0.39 is 0 Å². The SMILES string of the molecule is CCCCCCCCCCSc1ccc(OCC(=O)c2nc(C)c(OC(=O)CCC)s2)cc1. The van der Waals surface area contributed by atoms with Crippen molar-refractivity contribution in [3.05, 3.63) is 35.0 Å². The number of ketones is 1. The van der Waals surface area contributed by atoms with Gasteiger partial charge in [-0.15, -0.1) is 11.8 Å². The lowest BCUT2D eigenvalue weighted by Crippen LogP contribution is -2.11. The summed E-state index contributed by atoms with van der Waals surface area (Å²) in [5.74, 6) is 1.25. The minimum atomic E-state index is -0.306. The number of rotatable bonds is 17. The quantitative estimate of drug-likeness (QED) is 0.0980. The highest BCUT2D eigenvalue weighted by atomic mass is 32.2. The molecule has 0 aliphatic heterocycles. The van der Waals surface area contributed by atoms with E-state index in [9.17, 15) is 9.59 Å². The van der Waals surface area contributed by atoms with Crippen molar-refractivity contribution >= 4 is 34.9 Å². The molecule has 0 bridgehead atoms. The highest BCUT2D eigenvalue weighted by molar-refractivity contribution is 7.99. The van der Waals surface area contributed by atoms with Gasteiger partial charge in [-0.05, 0) is 49.8 Å². The molecule has 0 saturated carbocycles. The molecule has 2 rings (SSSR count). The molecule has 0 amide bonds. The summed E-state index contributed by atoms with van der Waals surface area (Å²) in [5.41, 5.74) is 0.547. The fraction of sp³-hybridized carbons (Fsp3) is 0.577. The summed E-state index contributed by atoms with van der Waals surface area (Å²) in [6.07, 6.45) is 11.7. The Balaban J connectivity index is 1.67. The third-order valence-corrected chi connectivity index (χ3v) is 7.29. The van der Waals surface area contributed by atoms with Gasteiger partial charge in [0.15, 0.2) is 11.6 Å². The minimum absolute atomic E-state index is 0.0972. The van der Waals surface area contributed by atoms with Gasteiger partial charge < -0.3 is 9.47 Å². The van der Waals surface area contributed by atoms with Crippen LogP contribution < -0.4 is 9.47 Å². The average Bonchev–Trinajstić information content (AvgIpc) is 3.17. The van der Waals surface area contributed by atoms with Crippen molar-refractivity contribution in [3.63, 3.8) is 0 Å². The van der Waals surface area contributed by atoms with Crippen LogP contribution in [0, 0.1) is 6.92 Å². The van der Waals surface area contributed by atoms with E-state index in [1.165, 1.54) is 56.3 Å². The third-order valence-electron chi connectivity index (χ3n) is 5.11. The van der Waals surface area contributed by atoms with E-state index in [4.69, 9.17) is 9.47 Å². The monoisotopic (exact) mass is 491 g/mol. The molecule has 5 nitrogen and oxygen atoms in total. The number of thioether (sulfide) groups is 1. The first-order valence-corrected chi connectivity index (χ1v) is 13.9. The Labute approximate surface area is 206 Å². The largest absolute Gasteiger partial charge is 0.485 e. The van der Waals surface area contributed by atoms with E-state index in [1.807, 2.05) is 43.0 Å². The average molecular weight is 492 g/mol. The van der Waals surface area contributed by atoms with Crippen molar-refractivity contribution in [2.24, 2.45) is 0 Å². The number of unbranched alkanes of at least 4 members (excludes halogenated alkanes) is 7. The first-order valence-electron chi connectivity index (χ1n) is 12.1. The number of benzene rings is 1. The van der Waals surface area contributed by atoms with Crippen molar-refractivity contribution in [2.45, 2.75) is 89.9 Å². The predicted octanol–water partition coefficient (Wildman–Crippen LogP) is 7.65. The predicted molar refractivity (Wildman–Crippen MR) is 137 cm³/mol. The Bertz CT molecular complexity index is 848. The second kappa shape index (κ2) is 15.9. The summed E-state index contributed by atoms with van der Waals surface area (Å²) in [7, 11) is 0. The van der Waals surface area contributed by atoms with Crippen molar-refractivity contribution < 1.29 is 19.1 Å². The summed E-state index contributed by atoms with van der Waals surface area (Å²) in [4.78, 5) is 29.6. The first-order chi connectivity index (χ1) is 16.0. The number of carbonyl (C=O) groups excluding carboxylic acids is 2. The molecule has 0 atom stereocenters. The maximum absolute atomic E-state index is 12.4. The molecular formula is C26H37NO4S2. The molecule has 2 aromatic rings. The van der Waals surface area contributed by atoms with Crippen LogP contribution in [0.4, 0.5) is 0 Å². The zero-order valence-corrected chi connectivity index (χ0v) is 21.8. The number of carbonyl (C=O) groups is 2. The molecule has 0 fully saturated rings. The van der Waals surface area contributed by atoms with Gasteiger partial charge in [0, 0.05) is 11.3 Å². The van der Waals surface area contributed by atoms with Gasteiger partial charge in [-0.25, -0.2) is 4.98 Å². The van der Waals surface area contributed by atoms with Crippen LogP contribution in [0.1, 0.15) is 93.6 Å². The lowest BCUT2D eigenvalue weighted by atomic mass is 10.1. The Morgan fingerprint density at radius 2 is 1.61 bits per heavy atom. The molecule has 33 heavy (non-hydrogen) atoms. The summed E-state index contributed by atoms with van der Waals surface area (Å²) >= 11 is 2.95. The van der Waals surface area contributed by atoms with Crippen LogP contribution in [-0.4, -0.2) is 29.1 Å². The van der Waals surface area contributed by atoms with Crippen molar-refractivity contribution in [3.8, 4) is 10.8 Å². The van der Waals surface area contributed by atoms with E-state index in [0.29, 0.717) is 34.4 Å². The maximum atomic E-state index is 12.4. The molecule has 0 N–H and O–H groups in total. The fourth-order valence-electron chi connectivity index (χ4n) is 3.22. The number of Topliss-reactive ketones (excluding diaryl/α,β-unsaturated/α-hetero) is 1. The highest BCUT2D eigenvalue weighted by Crippen LogP contribution is 2.28. The molecule has 1 heterocycles. The van der Waals surface area contributed by atoms with E-state index in [0.717, 1.165) is 17.1 Å². The van der Waals surface area contributed by atoms with Crippen LogP contribution in [0.15, 0.2) is 29.2 Å². The molecule has 182 valence electrons. The second-order valence-corrected chi connectivity index (χ2v) is 10.3. The molecular weight excluding hydrogens is 454 g/mol. The fourth-order valence-corrected chi connectivity index (χ4v) is 5.00. The van der Waals surface area contributed by atoms with Crippen LogP contribution >= 0.6 is 23.1 Å². The first kappa shape index (κ1) is 27.4. The zero-order valence-electron chi connectivity index (χ0n) is 20.2. The van der Waals surface area contributed by atoms with Gasteiger partial charge in [0.25, 0.3) is 0 Å². The highest BCUT2D eigenvalue weighted by Gasteiger charge is 2.18. The lowest BCUT2D eigenvalue weighted by molar-refractivity contribution is -0.134. The van der Waals surface area contributed by atoms with Gasteiger partial charge >= 0.3 is 5.97 Å². The van der Waals surface area contributed by atoms with Gasteiger partial charge in [0.05, 0.1) is 5.69 Å². The van der Waals surface area contributed by atoms with Crippen LogP contribution in [0.25, 0.3) is 0 Å². The number of nitrogens with zero attached hydrogens (tertiary/aromatic N) is 1. The Morgan fingerprint density at radius 3 is 2.27 bits per heavy atom. The molecule has 0 unspecified atom stereocenters. The van der Waals surface area contributed by atoms with E-state index in [2.05, 4.69) is 11.9 Å². The van der Waals surface area contributed by atoms with E-state index in [1.54, 1.807) is 6.92 Å². The van der Waals surface area contributed by atoms with Gasteiger partial charge in [-0.2, -0.15) is 0 Å². The van der Waals surface area contributed by atoms with Gasteiger partial charge in [-0.1, -0.05) is 70.1 Å². The molecule has 0 radical (unpaired) electrons. The van der Waals surface area contributed by atoms with E-state index >= 15 is 0 Å². The third kappa shape index (κ3) is 10.7. The lowest BCUT2D eigenvalue weighted by Gasteiger charge is -2.06. The molecule has 1 aromatic carbocycles. The summed E-state index contributed by atoms with van der Waals surface area (Å²) in [6.45, 7) is 5.80. The Morgan fingerprint density at radius 1 is 0.939 bits per heavy atom. The number of ether oxygens (including phenoxy) is 2. The van der Waals surface area contributed by atoms with Gasteiger partial charge in [0.2, 0.25) is 10.8 Å². The van der Waals surface area contributed by atoms with Crippen molar-refractivity contribution in [2.75, 3.05) is 12.4 Å². The van der Waals surface area contributed by atoms with Crippen LogP contribution in [0.3, 0.4) is 0 Å². The Kier molecular flexibility index (Phi) is 13.2. The van der Waals surface area contributed by atoms with Gasteiger partial charge in [-0.3, -0.25) is 9.59 Å². The number of thiazole rings is 1. The van der Waals surface area contributed by atoms with Gasteiger partial charge in [0.1, 0.15) is 5.75 Å². The number of esters is 1.